The van der Waals surface area contributed by atoms with E-state index in [1.54, 1.807) is 6.07 Å². The Kier molecular flexibility index (Phi) is 7.38. The number of rotatable bonds is 9. The molecular weight excluding hydrogens is 424 g/mol. The SMILES string of the molecule is Cc1ccc(-c2cccc(CCC(=O)NCCCNc3n[nH]c(=O)c4ccccc34)c2)cc1C. The van der Waals surface area contributed by atoms with Crippen LogP contribution < -0.4 is 16.2 Å². The van der Waals surface area contributed by atoms with E-state index < -0.39 is 0 Å². The molecule has 0 bridgehead atoms. The van der Waals surface area contributed by atoms with E-state index >= 15 is 0 Å². The number of H-pyrrole nitrogens is 1. The number of anilines is 1. The number of nitrogens with zero attached hydrogens (tertiary/aromatic N) is 1. The first-order valence-corrected chi connectivity index (χ1v) is 11.7. The molecule has 0 atom stereocenters. The van der Waals surface area contributed by atoms with Crippen LogP contribution in [0.4, 0.5) is 5.82 Å². The topological polar surface area (TPSA) is 86.9 Å². The van der Waals surface area contributed by atoms with Crippen molar-refractivity contribution in [2.24, 2.45) is 0 Å². The highest BCUT2D eigenvalue weighted by atomic mass is 16.1. The smallest absolute Gasteiger partial charge is 0.272 e. The van der Waals surface area contributed by atoms with Gasteiger partial charge in [0.15, 0.2) is 5.82 Å². The van der Waals surface area contributed by atoms with Gasteiger partial charge in [0.05, 0.1) is 5.39 Å². The maximum absolute atomic E-state index is 12.3. The van der Waals surface area contributed by atoms with Crippen molar-refractivity contribution in [3.05, 3.63) is 93.8 Å². The monoisotopic (exact) mass is 454 g/mol. The van der Waals surface area contributed by atoms with Crippen LogP contribution in [0.25, 0.3) is 21.9 Å². The molecule has 6 nitrogen and oxygen atoms in total. The number of aromatic amines is 1. The zero-order chi connectivity index (χ0) is 23.9. The van der Waals surface area contributed by atoms with E-state index in [2.05, 4.69) is 77.1 Å². The van der Waals surface area contributed by atoms with Crippen LogP contribution in [0.15, 0.2) is 71.5 Å². The van der Waals surface area contributed by atoms with Crippen molar-refractivity contribution in [3.8, 4) is 11.1 Å². The van der Waals surface area contributed by atoms with Gasteiger partial charge in [0, 0.05) is 24.9 Å². The standard InChI is InChI=1S/C28H30N4O2/c1-19-11-13-23(17-20(19)2)22-8-5-7-21(18-22)12-14-26(33)29-15-6-16-30-27-24-9-3-4-10-25(24)28(34)32-31-27/h3-5,7-11,13,17-18H,6,12,14-16H2,1-2H3,(H,29,33)(H,30,31)(H,32,34). The van der Waals surface area contributed by atoms with Gasteiger partial charge in [-0.2, -0.15) is 5.10 Å². The fraction of sp³-hybridized carbons (Fsp3) is 0.250. The van der Waals surface area contributed by atoms with Gasteiger partial charge in [0.2, 0.25) is 5.91 Å². The molecule has 1 amide bonds. The van der Waals surface area contributed by atoms with Crippen molar-refractivity contribution < 1.29 is 4.79 Å². The molecule has 0 saturated heterocycles. The van der Waals surface area contributed by atoms with Crippen LogP contribution in [0.1, 0.15) is 29.5 Å². The predicted octanol–water partition coefficient (Wildman–Crippen LogP) is 4.76. The van der Waals surface area contributed by atoms with Crippen LogP contribution in [-0.4, -0.2) is 29.2 Å². The number of aryl methyl sites for hydroxylation is 3. The third-order valence-corrected chi connectivity index (χ3v) is 6.07. The Labute approximate surface area is 199 Å². The average molecular weight is 455 g/mol. The lowest BCUT2D eigenvalue weighted by Gasteiger charge is -2.10. The molecule has 34 heavy (non-hydrogen) atoms. The number of carbonyl (C=O) groups is 1. The number of hydrogen-bond acceptors (Lipinski definition) is 4. The van der Waals surface area contributed by atoms with Crippen molar-refractivity contribution in [1.82, 2.24) is 15.5 Å². The molecule has 0 aliphatic rings. The van der Waals surface area contributed by atoms with E-state index in [4.69, 9.17) is 0 Å². The minimum atomic E-state index is -0.201. The van der Waals surface area contributed by atoms with Crippen LogP contribution >= 0.6 is 0 Å². The van der Waals surface area contributed by atoms with Gasteiger partial charge in [-0.15, -0.1) is 0 Å². The molecular formula is C28H30N4O2. The fourth-order valence-electron chi connectivity index (χ4n) is 3.95. The fourth-order valence-corrected chi connectivity index (χ4v) is 3.95. The number of nitrogens with one attached hydrogen (secondary N) is 3. The molecule has 0 spiro atoms. The summed E-state index contributed by atoms with van der Waals surface area (Å²) in [7, 11) is 0. The van der Waals surface area contributed by atoms with E-state index in [0.29, 0.717) is 37.1 Å². The first kappa shape index (κ1) is 23.2. The summed E-state index contributed by atoms with van der Waals surface area (Å²) in [5, 5.41) is 14.2. The highest BCUT2D eigenvalue weighted by Gasteiger charge is 2.07. The minimum Gasteiger partial charge on any atom is -0.368 e. The van der Waals surface area contributed by atoms with Gasteiger partial charge in [-0.3, -0.25) is 9.59 Å². The first-order valence-electron chi connectivity index (χ1n) is 11.7. The quantitative estimate of drug-likeness (QED) is 0.318. The van der Waals surface area contributed by atoms with Gasteiger partial charge in [-0.1, -0.05) is 60.7 Å². The summed E-state index contributed by atoms with van der Waals surface area (Å²) < 4.78 is 0. The second kappa shape index (κ2) is 10.8. The van der Waals surface area contributed by atoms with Crippen LogP contribution in [0.5, 0.6) is 0 Å². The molecule has 3 N–H and O–H groups in total. The van der Waals surface area contributed by atoms with Crippen LogP contribution in [0.2, 0.25) is 0 Å². The van der Waals surface area contributed by atoms with E-state index in [-0.39, 0.29) is 11.5 Å². The van der Waals surface area contributed by atoms with Crippen LogP contribution in [0, 0.1) is 13.8 Å². The molecule has 0 saturated carbocycles. The lowest BCUT2D eigenvalue weighted by atomic mass is 9.98. The molecule has 0 aliphatic heterocycles. The second-order valence-corrected chi connectivity index (χ2v) is 8.58. The maximum Gasteiger partial charge on any atom is 0.272 e. The van der Waals surface area contributed by atoms with Crippen molar-refractivity contribution >= 4 is 22.5 Å². The Morgan fingerprint density at radius 2 is 1.68 bits per heavy atom. The summed E-state index contributed by atoms with van der Waals surface area (Å²) in [6, 6.07) is 22.3. The first-order chi connectivity index (χ1) is 16.5. The Balaban J connectivity index is 1.22. The number of hydrogen-bond donors (Lipinski definition) is 3. The molecule has 6 heteroatoms. The Bertz CT molecular complexity index is 1360. The molecule has 4 rings (SSSR count). The molecule has 174 valence electrons. The van der Waals surface area contributed by atoms with Crippen molar-refractivity contribution in [2.45, 2.75) is 33.1 Å². The Hall–Kier alpha value is -3.93. The summed E-state index contributed by atoms with van der Waals surface area (Å²) in [5.41, 5.74) is 5.90. The minimum absolute atomic E-state index is 0.0456. The molecule has 1 heterocycles. The van der Waals surface area contributed by atoms with Gasteiger partial charge in [0.1, 0.15) is 0 Å². The zero-order valence-electron chi connectivity index (χ0n) is 19.7. The molecule has 1 aromatic heterocycles. The normalized spacial score (nSPS) is 10.9. The summed E-state index contributed by atoms with van der Waals surface area (Å²) in [5.74, 6) is 0.689. The van der Waals surface area contributed by atoms with Crippen molar-refractivity contribution in [3.63, 3.8) is 0 Å². The van der Waals surface area contributed by atoms with Gasteiger partial charge in [-0.05, 0) is 60.6 Å². The third kappa shape index (κ3) is 5.70. The van der Waals surface area contributed by atoms with Crippen LogP contribution in [0.3, 0.4) is 0 Å². The highest BCUT2D eigenvalue weighted by Crippen LogP contribution is 2.23. The maximum atomic E-state index is 12.3. The number of carbonyl (C=O) groups excluding carboxylic acids is 1. The average Bonchev–Trinajstić information content (AvgIpc) is 2.86. The van der Waals surface area contributed by atoms with E-state index in [1.807, 2.05) is 18.2 Å². The van der Waals surface area contributed by atoms with Crippen LogP contribution in [-0.2, 0) is 11.2 Å². The van der Waals surface area contributed by atoms with Gasteiger partial charge >= 0.3 is 0 Å². The highest BCUT2D eigenvalue weighted by molar-refractivity contribution is 5.90. The number of aromatic nitrogens is 2. The molecule has 0 radical (unpaired) electrons. The third-order valence-electron chi connectivity index (χ3n) is 6.07. The largest absolute Gasteiger partial charge is 0.368 e. The molecule has 3 aromatic carbocycles. The van der Waals surface area contributed by atoms with Gasteiger partial charge in [0.25, 0.3) is 5.56 Å². The molecule has 0 aliphatic carbocycles. The van der Waals surface area contributed by atoms with Gasteiger partial charge in [-0.25, -0.2) is 5.10 Å². The molecule has 0 fully saturated rings. The summed E-state index contributed by atoms with van der Waals surface area (Å²) in [6.07, 6.45) is 1.91. The summed E-state index contributed by atoms with van der Waals surface area (Å²) in [6.45, 7) is 5.46. The number of fused-ring (bicyclic) bond motifs is 1. The van der Waals surface area contributed by atoms with E-state index in [0.717, 1.165) is 17.4 Å². The second-order valence-electron chi connectivity index (χ2n) is 8.58. The number of amides is 1. The lowest BCUT2D eigenvalue weighted by molar-refractivity contribution is -0.121. The summed E-state index contributed by atoms with van der Waals surface area (Å²) in [4.78, 5) is 24.2. The molecule has 0 unspecified atom stereocenters. The number of benzene rings is 3. The van der Waals surface area contributed by atoms with Gasteiger partial charge < -0.3 is 10.6 Å². The van der Waals surface area contributed by atoms with Crippen molar-refractivity contribution in [1.29, 1.82) is 0 Å². The molecule has 4 aromatic rings. The Morgan fingerprint density at radius 3 is 2.50 bits per heavy atom. The Morgan fingerprint density at radius 1 is 0.882 bits per heavy atom. The van der Waals surface area contributed by atoms with Crippen molar-refractivity contribution in [2.75, 3.05) is 18.4 Å². The van der Waals surface area contributed by atoms with E-state index in [1.165, 1.54) is 22.3 Å². The van der Waals surface area contributed by atoms with E-state index in [9.17, 15) is 9.59 Å². The lowest BCUT2D eigenvalue weighted by Crippen LogP contribution is -2.26. The zero-order valence-corrected chi connectivity index (χ0v) is 19.7. The summed E-state index contributed by atoms with van der Waals surface area (Å²) >= 11 is 0. The predicted molar refractivity (Wildman–Crippen MR) is 138 cm³/mol.